The molecule has 0 radical (unpaired) electrons. The number of halogens is 4. The van der Waals surface area contributed by atoms with Gasteiger partial charge in [-0.3, -0.25) is 5.10 Å². The first-order chi connectivity index (χ1) is 13.8. The van der Waals surface area contributed by atoms with E-state index < -0.39 is 11.9 Å². The van der Waals surface area contributed by atoms with Gasteiger partial charge in [-0.05, 0) is 24.6 Å². The summed E-state index contributed by atoms with van der Waals surface area (Å²) in [5.41, 5.74) is -0.965. The maximum Gasteiger partial charge on any atom is 0.433 e. The van der Waals surface area contributed by atoms with Crippen molar-refractivity contribution in [3.8, 4) is 33.9 Å². The van der Waals surface area contributed by atoms with Crippen LogP contribution in [-0.4, -0.2) is 21.9 Å². The molecular weight excluding hydrogens is 405 g/mol. The molecular formula is C21H20ClF3N2O2. The van der Waals surface area contributed by atoms with Gasteiger partial charge in [0.1, 0.15) is 22.9 Å². The van der Waals surface area contributed by atoms with Gasteiger partial charge in [0.05, 0.1) is 6.61 Å². The van der Waals surface area contributed by atoms with E-state index in [0.717, 1.165) is 19.3 Å². The van der Waals surface area contributed by atoms with Crippen LogP contribution >= 0.6 is 11.6 Å². The van der Waals surface area contributed by atoms with Crippen molar-refractivity contribution in [2.24, 2.45) is 0 Å². The number of aromatic hydroxyl groups is 1. The second-order valence-corrected chi connectivity index (χ2v) is 6.94. The maximum atomic E-state index is 13.6. The summed E-state index contributed by atoms with van der Waals surface area (Å²) < 4.78 is 46.3. The van der Waals surface area contributed by atoms with E-state index in [-0.39, 0.29) is 33.2 Å². The number of ether oxygens (including phenoxy) is 1. The van der Waals surface area contributed by atoms with Gasteiger partial charge >= 0.3 is 6.18 Å². The largest absolute Gasteiger partial charge is 0.507 e. The molecule has 3 rings (SSSR count). The number of aromatic nitrogens is 2. The molecule has 0 aliphatic heterocycles. The number of hydrogen-bond donors (Lipinski definition) is 2. The van der Waals surface area contributed by atoms with Crippen LogP contribution in [0.1, 0.15) is 31.9 Å². The predicted molar refractivity (Wildman–Crippen MR) is 106 cm³/mol. The highest BCUT2D eigenvalue weighted by molar-refractivity contribution is 6.33. The number of rotatable bonds is 7. The molecule has 1 heterocycles. The van der Waals surface area contributed by atoms with Gasteiger partial charge < -0.3 is 9.84 Å². The Bertz CT molecular complexity index is 986. The Morgan fingerprint density at radius 1 is 1.10 bits per heavy atom. The molecule has 0 amide bonds. The summed E-state index contributed by atoms with van der Waals surface area (Å²) in [6, 6.07) is 10.7. The van der Waals surface area contributed by atoms with Crippen molar-refractivity contribution in [2.45, 2.75) is 32.4 Å². The number of phenolic OH excluding ortho intramolecular Hbond substituents is 1. The summed E-state index contributed by atoms with van der Waals surface area (Å²) in [6.07, 6.45) is -1.71. The zero-order chi connectivity index (χ0) is 21.0. The summed E-state index contributed by atoms with van der Waals surface area (Å²) in [6.45, 7) is 2.58. The lowest BCUT2D eigenvalue weighted by Gasteiger charge is -2.12. The molecule has 0 aliphatic rings. The molecule has 4 nitrogen and oxygen atoms in total. The number of phenols is 1. The normalized spacial score (nSPS) is 11.6. The third kappa shape index (κ3) is 4.67. The molecule has 1 aromatic heterocycles. The van der Waals surface area contributed by atoms with Crippen LogP contribution in [-0.2, 0) is 6.18 Å². The minimum atomic E-state index is -4.67. The van der Waals surface area contributed by atoms with Crippen LogP contribution in [0.15, 0.2) is 42.5 Å². The molecule has 0 saturated carbocycles. The van der Waals surface area contributed by atoms with Crippen LogP contribution in [0.2, 0.25) is 5.02 Å². The van der Waals surface area contributed by atoms with Crippen LogP contribution in [0.3, 0.4) is 0 Å². The highest BCUT2D eigenvalue weighted by Gasteiger charge is 2.38. The van der Waals surface area contributed by atoms with Crippen molar-refractivity contribution in [2.75, 3.05) is 6.61 Å². The SMILES string of the molecule is CCCCCOc1ccc(-c2n[nH]c(C(F)(F)F)c2-c2ccccc2Cl)c(O)c1. The Labute approximate surface area is 171 Å². The first-order valence-corrected chi connectivity index (χ1v) is 9.57. The number of unbranched alkanes of at least 4 members (excludes halogenated alkanes) is 2. The van der Waals surface area contributed by atoms with Crippen LogP contribution < -0.4 is 4.74 Å². The van der Waals surface area contributed by atoms with Gasteiger partial charge in [0.15, 0.2) is 0 Å². The summed E-state index contributed by atoms with van der Waals surface area (Å²) in [7, 11) is 0. The Hall–Kier alpha value is -2.67. The van der Waals surface area contributed by atoms with E-state index in [1.807, 2.05) is 0 Å². The van der Waals surface area contributed by atoms with Crippen molar-refractivity contribution < 1.29 is 23.0 Å². The van der Waals surface area contributed by atoms with Gasteiger partial charge in [0, 0.05) is 27.8 Å². The first kappa shape index (κ1) is 21.0. The van der Waals surface area contributed by atoms with E-state index in [2.05, 4.69) is 17.1 Å². The Morgan fingerprint density at radius 2 is 1.86 bits per heavy atom. The summed E-state index contributed by atoms with van der Waals surface area (Å²) >= 11 is 6.15. The minimum Gasteiger partial charge on any atom is -0.507 e. The van der Waals surface area contributed by atoms with E-state index in [1.54, 1.807) is 18.2 Å². The van der Waals surface area contributed by atoms with Gasteiger partial charge in [-0.1, -0.05) is 49.6 Å². The van der Waals surface area contributed by atoms with E-state index in [4.69, 9.17) is 16.3 Å². The molecule has 0 unspecified atom stereocenters. The average Bonchev–Trinajstić information content (AvgIpc) is 3.11. The lowest BCUT2D eigenvalue weighted by atomic mass is 9.98. The van der Waals surface area contributed by atoms with Gasteiger partial charge in [-0.25, -0.2) is 0 Å². The van der Waals surface area contributed by atoms with Gasteiger partial charge in [-0.15, -0.1) is 0 Å². The van der Waals surface area contributed by atoms with E-state index in [1.165, 1.54) is 24.3 Å². The summed E-state index contributed by atoms with van der Waals surface area (Å²) in [4.78, 5) is 0. The molecule has 0 fully saturated rings. The molecule has 8 heteroatoms. The predicted octanol–water partition coefficient (Wildman–Crippen LogP) is 6.69. The third-order valence-electron chi connectivity index (χ3n) is 4.43. The molecule has 0 atom stereocenters. The Kier molecular flexibility index (Phi) is 6.37. The Balaban J connectivity index is 2.03. The standard InChI is InChI=1S/C21H20ClF3N2O2/c1-2-3-6-11-29-13-9-10-15(17(28)12-13)19-18(14-7-4-5-8-16(14)22)20(27-26-19)21(23,24)25/h4-5,7-10,12,28H,2-3,6,11H2,1H3,(H,26,27). The van der Waals surface area contributed by atoms with E-state index in [0.29, 0.717) is 12.4 Å². The zero-order valence-corrected chi connectivity index (χ0v) is 16.4. The number of alkyl halides is 3. The van der Waals surface area contributed by atoms with Gasteiger partial charge in [0.2, 0.25) is 0 Å². The number of aromatic amines is 1. The minimum absolute atomic E-state index is 0.0412. The fourth-order valence-corrected chi connectivity index (χ4v) is 3.24. The average molecular weight is 425 g/mol. The summed E-state index contributed by atoms with van der Waals surface area (Å²) in [5, 5.41) is 16.5. The molecule has 0 aliphatic carbocycles. The molecule has 0 saturated heterocycles. The van der Waals surface area contributed by atoms with Crippen LogP contribution in [0.25, 0.3) is 22.4 Å². The number of nitrogens with zero attached hydrogens (tertiary/aromatic N) is 1. The highest BCUT2D eigenvalue weighted by atomic mass is 35.5. The second-order valence-electron chi connectivity index (χ2n) is 6.53. The lowest BCUT2D eigenvalue weighted by Crippen LogP contribution is -2.07. The molecule has 3 aromatic rings. The number of benzene rings is 2. The molecule has 154 valence electrons. The zero-order valence-electron chi connectivity index (χ0n) is 15.7. The molecule has 2 aromatic carbocycles. The lowest BCUT2D eigenvalue weighted by molar-refractivity contribution is -0.140. The topological polar surface area (TPSA) is 58.1 Å². The maximum absolute atomic E-state index is 13.6. The van der Waals surface area contributed by atoms with Crippen molar-refractivity contribution in [3.05, 3.63) is 53.2 Å². The van der Waals surface area contributed by atoms with Crippen LogP contribution in [0.4, 0.5) is 13.2 Å². The van der Waals surface area contributed by atoms with Crippen molar-refractivity contribution >= 4 is 11.6 Å². The number of nitrogens with one attached hydrogen (secondary N) is 1. The van der Waals surface area contributed by atoms with Gasteiger partial charge in [-0.2, -0.15) is 18.3 Å². The van der Waals surface area contributed by atoms with Crippen LogP contribution in [0, 0.1) is 0 Å². The second kappa shape index (κ2) is 8.78. The van der Waals surface area contributed by atoms with E-state index in [9.17, 15) is 18.3 Å². The van der Waals surface area contributed by atoms with Crippen molar-refractivity contribution in [1.29, 1.82) is 0 Å². The fraction of sp³-hybridized carbons (Fsp3) is 0.286. The monoisotopic (exact) mass is 424 g/mol. The highest BCUT2D eigenvalue weighted by Crippen LogP contribution is 2.45. The van der Waals surface area contributed by atoms with Crippen molar-refractivity contribution in [1.82, 2.24) is 10.2 Å². The first-order valence-electron chi connectivity index (χ1n) is 9.19. The smallest absolute Gasteiger partial charge is 0.433 e. The molecule has 0 spiro atoms. The van der Waals surface area contributed by atoms with Crippen LogP contribution in [0.5, 0.6) is 11.5 Å². The number of hydrogen-bond acceptors (Lipinski definition) is 3. The van der Waals surface area contributed by atoms with Crippen molar-refractivity contribution in [3.63, 3.8) is 0 Å². The molecule has 0 bridgehead atoms. The quantitative estimate of drug-likeness (QED) is 0.415. The van der Waals surface area contributed by atoms with Gasteiger partial charge in [0.25, 0.3) is 0 Å². The van der Waals surface area contributed by atoms with E-state index >= 15 is 0 Å². The third-order valence-corrected chi connectivity index (χ3v) is 4.76. The molecule has 29 heavy (non-hydrogen) atoms. The number of H-pyrrole nitrogens is 1. The fourth-order valence-electron chi connectivity index (χ4n) is 3.01. The molecule has 2 N–H and O–H groups in total. The Morgan fingerprint density at radius 3 is 2.52 bits per heavy atom. The summed E-state index contributed by atoms with van der Waals surface area (Å²) in [5.74, 6) is 0.208.